The molecule has 2 amide bonds. The third kappa shape index (κ3) is 4.37. The predicted octanol–water partition coefficient (Wildman–Crippen LogP) is -0.247. The Kier molecular flexibility index (Phi) is 6.36. The van der Waals surface area contributed by atoms with Crippen LogP contribution in [0.15, 0.2) is 0 Å². The Morgan fingerprint density at radius 1 is 1.50 bits per heavy atom. The SMILES string of the molecule is CC(=O)NC(C)C(=O)N1CCN[C@@H](C)C1.Cl. The molecule has 0 aromatic carbocycles. The molecule has 0 saturated carbocycles. The third-order valence-electron chi connectivity index (χ3n) is 2.47. The molecular weight excluding hydrogens is 230 g/mol. The highest BCUT2D eigenvalue weighted by atomic mass is 35.5. The molecule has 1 unspecified atom stereocenters. The number of halogens is 1. The van der Waals surface area contributed by atoms with Crippen molar-refractivity contribution in [3.05, 3.63) is 0 Å². The zero-order valence-corrected chi connectivity index (χ0v) is 10.8. The van der Waals surface area contributed by atoms with Crippen molar-refractivity contribution in [1.82, 2.24) is 15.5 Å². The van der Waals surface area contributed by atoms with E-state index in [0.29, 0.717) is 19.1 Å². The van der Waals surface area contributed by atoms with Crippen molar-refractivity contribution in [3.63, 3.8) is 0 Å². The van der Waals surface area contributed by atoms with E-state index in [1.807, 2.05) is 6.92 Å². The van der Waals surface area contributed by atoms with Crippen molar-refractivity contribution in [2.24, 2.45) is 0 Å². The minimum atomic E-state index is -0.423. The smallest absolute Gasteiger partial charge is 0.244 e. The van der Waals surface area contributed by atoms with E-state index in [0.717, 1.165) is 6.54 Å². The maximum atomic E-state index is 11.9. The van der Waals surface area contributed by atoms with Gasteiger partial charge in [0.05, 0.1) is 0 Å². The van der Waals surface area contributed by atoms with E-state index in [4.69, 9.17) is 0 Å². The first kappa shape index (κ1) is 15.2. The second-order valence-corrected chi connectivity index (χ2v) is 4.06. The number of nitrogens with one attached hydrogen (secondary N) is 2. The van der Waals surface area contributed by atoms with Crippen LogP contribution in [0.3, 0.4) is 0 Å². The number of hydrogen-bond donors (Lipinski definition) is 2. The second kappa shape index (κ2) is 6.70. The Morgan fingerprint density at radius 2 is 2.12 bits per heavy atom. The van der Waals surface area contributed by atoms with Gasteiger partial charge in [-0.25, -0.2) is 0 Å². The summed E-state index contributed by atoms with van der Waals surface area (Å²) >= 11 is 0. The van der Waals surface area contributed by atoms with Gasteiger partial charge in [-0.1, -0.05) is 0 Å². The lowest BCUT2D eigenvalue weighted by atomic mass is 10.2. The van der Waals surface area contributed by atoms with Crippen LogP contribution in [0.25, 0.3) is 0 Å². The molecule has 0 bridgehead atoms. The first-order chi connectivity index (χ1) is 7.00. The van der Waals surface area contributed by atoms with Gasteiger partial charge in [0.25, 0.3) is 0 Å². The lowest BCUT2D eigenvalue weighted by molar-refractivity contribution is -0.136. The fraction of sp³-hybridized carbons (Fsp3) is 0.800. The normalized spacial score (nSPS) is 21.9. The average Bonchev–Trinajstić information content (AvgIpc) is 2.15. The van der Waals surface area contributed by atoms with Crippen LogP contribution in [0, 0.1) is 0 Å². The van der Waals surface area contributed by atoms with Gasteiger partial charge < -0.3 is 15.5 Å². The van der Waals surface area contributed by atoms with Crippen LogP contribution < -0.4 is 10.6 Å². The molecule has 0 aromatic heterocycles. The summed E-state index contributed by atoms with van der Waals surface area (Å²) < 4.78 is 0. The standard InChI is InChI=1S/C10H19N3O2.ClH/c1-7-6-13(5-4-11-7)10(15)8(2)12-9(3)14;/h7-8,11H,4-6H2,1-3H3,(H,12,14);1H/t7-,8?;/m0./s1. The quantitative estimate of drug-likeness (QED) is 0.710. The molecule has 1 saturated heterocycles. The fourth-order valence-corrected chi connectivity index (χ4v) is 1.77. The predicted molar refractivity (Wildman–Crippen MR) is 64.6 cm³/mol. The summed E-state index contributed by atoms with van der Waals surface area (Å²) in [6, 6.07) is -0.0972. The summed E-state index contributed by atoms with van der Waals surface area (Å²) in [7, 11) is 0. The molecular formula is C10H20ClN3O2. The number of piperazine rings is 1. The lowest BCUT2D eigenvalue weighted by Gasteiger charge is -2.33. The minimum Gasteiger partial charge on any atom is -0.345 e. The summed E-state index contributed by atoms with van der Waals surface area (Å²) in [5, 5.41) is 5.87. The van der Waals surface area contributed by atoms with Gasteiger partial charge in [0.1, 0.15) is 6.04 Å². The second-order valence-electron chi connectivity index (χ2n) is 4.06. The maximum absolute atomic E-state index is 11.9. The molecule has 1 aliphatic heterocycles. The first-order valence-electron chi connectivity index (χ1n) is 5.30. The molecule has 16 heavy (non-hydrogen) atoms. The maximum Gasteiger partial charge on any atom is 0.244 e. The van der Waals surface area contributed by atoms with E-state index in [1.165, 1.54) is 6.92 Å². The van der Waals surface area contributed by atoms with Gasteiger partial charge in [0.15, 0.2) is 0 Å². The van der Waals surface area contributed by atoms with Crippen LogP contribution in [0.1, 0.15) is 20.8 Å². The van der Waals surface area contributed by atoms with Crippen molar-refractivity contribution in [2.45, 2.75) is 32.9 Å². The van der Waals surface area contributed by atoms with Gasteiger partial charge in [0, 0.05) is 32.6 Å². The number of nitrogens with zero attached hydrogens (tertiary/aromatic N) is 1. The van der Waals surface area contributed by atoms with Gasteiger partial charge in [-0.3, -0.25) is 9.59 Å². The van der Waals surface area contributed by atoms with E-state index in [9.17, 15) is 9.59 Å². The summed E-state index contributed by atoms with van der Waals surface area (Å²) in [5.74, 6) is -0.169. The van der Waals surface area contributed by atoms with Crippen LogP contribution >= 0.6 is 12.4 Å². The molecule has 1 heterocycles. The van der Waals surface area contributed by atoms with Crippen molar-refractivity contribution in [3.8, 4) is 0 Å². The lowest BCUT2D eigenvalue weighted by Crippen LogP contribution is -2.55. The summed E-state index contributed by atoms with van der Waals surface area (Å²) in [6.45, 7) is 7.43. The number of carbonyl (C=O) groups excluding carboxylic acids is 2. The van der Waals surface area contributed by atoms with Gasteiger partial charge >= 0.3 is 0 Å². The van der Waals surface area contributed by atoms with E-state index >= 15 is 0 Å². The number of rotatable bonds is 2. The van der Waals surface area contributed by atoms with E-state index in [-0.39, 0.29) is 24.2 Å². The highest BCUT2D eigenvalue weighted by Gasteiger charge is 2.24. The topological polar surface area (TPSA) is 61.4 Å². The van der Waals surface area contributed by atoms with Crippen molar-refractivity contribution in [2.75, 3.05) is 19.6 Å². The molecule has 0 aromatic rings. The largest absolute Gasteiger partial charge is 0.345 e. The molecule has 1 rings (SSSR count). The summed E-state index contributed by atoms with van der Waals surface area (Å²) in [5.41, 5.74) is 0. The molecule has 2 atom stereocenters. The molecule has 1 fully saturated rings. The Hall–Kier alpha value is -0.810. The molecule has 0 spiro atoms. The monoisotopic (exact) mass is 249 g/mol. The Labute approximate surface area is 102 Å². The Morgan fingerprint density at radius 3 is 2.62 bits per heavy atom. The van der Waals surface area contributed by atoms with Crippen LogP contribution in [0.2, 0.25) is 0 Å². The van der Waals surface area contributed by atoms with Crippen molar-refractivity contribution >= 4 is 24.2 Å². The van der Waals surface area contributed by atoms with E-state index in [2.05, 4.69) is 10.6 Å². The molecule has 2 N–H and O–H groups in total. The summed E-state index contributed by atoms with van der Waals surface area (Å²) in [4.78, 5) is 24.5. The number of hydrogen-bond acceptors (Lipinski definition) is 3. The van der Waals surface area contributed by atoms with Crippen LogP contribution in [-0.2, 0) is 9.59 Å². The molecule has 0 radical (unpaired) electrons. The molecule has 1 aliphatic rings. The van der Waals surface area contributed by atoms with Crippen LogP contribution in [-0.4, -0.2) is 48.4 Å². The molecule has 0 aliphatic carbocycles. The first-order valence-corrected chi connectivity index (χ1v) is 5.30. The molecule has 6 heteroatoms. The Bertz CT molecular complexity index is 260. The minimum absolute atomic E-state index is 0. The van der Waals surface area contributed by atoms with Gasteiger partial charge in [0.2, 0.25) is 11.8 Å². The van der Waals surface area contributed by atoms with E-state index in [1.54, 1.807) is 11.8 Å². The van der Waals surface area contributed by atoms with Gasteiger partial charge in [-0.15, -0.1) is 12.4 Å². The van der Waals surface area contributed by atoms with Crippen molar-refractivity contribution in [1.29, 1.82) is 0 Å². The number of amides is 2. The third-order valence-corrected chi connectivity index (χ3v) is 2.47. The van der Waals surface area contributed by atoms with E-state index < -0.39 is 6.04 Å². The zero-order chi connectivity index (χ0) is 11.4. The summed E-state index contributed by atoms with van der Waals surface area (Å²) in [6.07, 6.45) is 0. The zero-order valence-electron chi connectivity index (χ0n) is 9.95. The highest BCUT2D eigenvalue weighted by Crippen LogP contribution is 2.01. The average molecular weight is 250 g/mol. The van der Waals surface area contributed by atoms with Crippen LogP contribution in [0.5, 0.6) is 0 Å². The van der Waals surface area contributed by atoms with Crippen molar-refractivity contribution < 1.29 is 9.59 Å². The number of carbonyl (C=O) groups is 2. The fourth-order valence-electron chi connectivity index (χ4n) is 1.77. The van der Waals surface area contributed by atoms with Crippen LogP contribution in [0.4, 0.5) is 0 Å². The van der Waals surface area contributed by atoms with Gasteiger partial charge in [-0.2, -0.15) is 0 Å². The van der Waals surface area contributed by atoms with Gasteiger partial charge in [-0.05, 0) is 13.8 Å². The molecule has 94 valence electrons. The highest BCUT2D eigenvalue weighted by molar-refractivity contribution is 5.86. The Balaban J connectivity index is 0.00000225. The molecule has 5 nitrogen and oxygen atoms in total.